The van der Waals surface area contributed by atoms with E-state index in [-0.39, 0.29) is 72.3 Å². The van der Waals surface area contributed by atoms with Crippen LogP contribution in [-0.2, 0) is 19.1 Å². The molecule has 0 saturated heterocycles. The van der Waals surface area contributed by atoms with Crippen molar-refractivity contribution < 1.29 is 19.1 Å². The van der Waals surface area contributed by atoms with Crippen molar-refractivity contribution in [3.8, 4) is 0 Å². The molecule has 0 aliphatic carbocycles. The van der Waals surface area contributed by atoms with Crippen LogP contribution < -0.4 is 0 Å². The van der Waals surface area contributed by atoms with Crippen LogP contribution in [0.15, 0.2) is 0 Å². The Balaban J connectivity index is -0.000000411. The van der Waals surface area contributed by atoms with Crippen LogP contribution in [0, 0.1) is 11.8 Å². The third-order valence-corrected chi connectivity index (χ3v) is 4.82. The van der Waals surface area contributed by atoms with Gasteiger partial charge in [0.15, 0.2) is 0 Å². The van der Waals surface area contributed by atoms with Crippen molar-refractivity contribution >= 4 is 86.1 Å². The van der Waals surface area contributed by atoms with Crippen LogP contribution in [0.3, 0.4) is 0 Å². The van der Waals surface area contributed by atoms with Crippen LogP contribution in [0.4, 0.5) is 0 Å². The molecule has 27 heavy (non-hydrogen) atoms. The van der Waals surface area contributed by atoms with Gasteiger partial charge in [0.2, 0.25) is 0 Å². The molecule has 0 aromatic rings. The average Bonchev–Trinajstić information content (AvgIpc) is 2.68. The molecule has 0 spiro atoms. The molecule has 0 aromatic heterocycles. The normalized spacial score (nSPS) is 12.1. The molecular weight excluding hydrogens is 506 g/mol. The van der Waals surface area contributed by atoms with Crippen LogP contribution in [0.25, 0.3) is 0 Å². The molecule has 0 fully saturated rings. The molecule has 0 saturated carbocycles. The number of hydrogen-bond donors (Lipinski definition) is 2. The van der Waals surface area contributed by atoms with Gasteiger partial charge in [-0.25, -0.2) is 0 Å². The standard InChI is InChI=1S/2C10H20O2S.Ba.2H/c2*1-3-5-6-9(4-2)7-12-10(11)8-13;;;/h2*9,13H,3-8H2,1-2H3;;;. The van der Waals surface area contributed by atoms with Crippen molar-refractivity contribution in [2.75, 3.05) is 24.7 Å². The minimum absolute atomic E-state index is 0. The van der Waals surface area contributed by atoms with E-state index in [1.165, 1.54) is 25.7 Å². The molecule has 0 aromatic carbocycles. The van der Waals surface area contributed by atoms with E-state index in [0.29, 0.717) is 25.0 Å². The minimum atomic E-state index is -0.210. The summed E-state index contributed by atoms with van der Waals surface area (Å²) in [5.41, 5.74) is 0. The summed E-state index contributed by atoms with van der Waals surface area (Å²) in [6.07, 6.45) is 9.33. The topological polar surface area (TPSA) is 52.6 Å². The van der Waals surface area contributed by atoms with Crippen molar-refractivity contribution in [1.82, 2.24) is 0 Å². The number of unbranched alkanes of at least 4 members (excludes halogenated alkanes) is 2. The van der Waals surface area contributed by atoms with Crippen molar-refractivity contribution in [2.24, 2.45) is 11.8 Å². The van der Waals surface area contributed by atoms with Crippen molar-refractivity contribution in [2.45, 2.75) is 79.1 Å². The molecule has 0 bridgehead atoms. The maximum absolute atomic E-state index is 10.8. The van der Waals surface area contributed by atoms with Crippen LogP contribution in [0.5, 0.6) is 0 Å². The fourth-order valence-corrected chi connectivity index (χ4v) is 2.49. The van der Waals surface area contributed by atoms with E-state index < -0.39 is 0 Å². The third-order valence-electron chi connectivity index (χ3n) is 4.30. The summed E-state index contributed by atoms with van der Waals surface area (Å²) < 4.78 is 10.1. The molecule has 2 unspecified atom stereocenters. The van der Waals surface area contributed by atoms with Crippen LogP contribution >= 0.6 is 25.3 Å². The zero-order valence-electron chi connectivity index (χ0n) is 17.2. The number of esters is 2. The van der Waals surface area contributed by atoms with E-state index in [9.17, 15) is 9.59 Å². The molecule has 0 radical (unpaired) electrons. The van der Waals surface area contributed by atoms with Gasteiger partial charge in [-0.15, -0.1) is 0 Å². The first kappa shape index (κ1) is 32.9. The molecular formula is C20H42BaO4S2. The van der Waals surface area contributed by atoms with E-state index in [1.54, 1.807) is 0 Å². The van der Waals surface area contributed by atoms with Gasteiger partial charge >= 0.3 is 60.8 Å². The van der Waals surface area contributed by atoms with Crippen LogP contribution in [-0.4, -0.2) is 85.5 Å². The average molecular weight is 548 g/mol. The third kappa shape index (κ3) is 23.4. The predicted octanol–water partition coefficient (Wildman–Crippen LogP) is 4.44. The molecule has 0 heterocycles. The Morgan fingerprint density at radius 3 is 1.30 bits per heavy atom. The van der Waals surface area contributed by atoms with Gasteiger partial charge in [-0.3, -0.25) is 9.59 Å². The summed E-state index contributed by atoms with van der Waals surface area (Å²) in [4.78, 5) is 21.6. The van der Waals surface area contributed by atoms with E-state index in [0.717, 1.165) is 25.7 Å². The second-order valence-corrected chi connectivity index (χ2v) is 7.15. The van der Waals surface area contributed by atoms with E-state index in [1.807, 2.05) is 0 Å². The van der Waals surface area contributed by atoms with E-state index in [4.69, 9.17) is 9.47 Å². The van der Waals surface area contributed by atoms with Gasteiger partial charge in [-0.05, 0) is 24.7 Å². The van der Waals surface area contributed by atoms with E-state index in [2.05, 4.69) is 53.0 Å². The number of carbonyl (C=O) groups is 2. The Morgan fingerprint density at radius 1 is 0.741 bits per heavy atom. The van der Waals surface area contributed by atoms with Gasteiger partial charge in [0.25, 0.3) is 0 Å². The van der Waals surface area contributed by atoms with Crippen molar-refractivity contribution in [3.05, 3.63) is 0 Å². The first-order valence-electron chi connectivity index (χ1n) is 10.0. The fraction of sp³-hybridized carbons (Fsp3) is 0.900. The van der Waals surface area contributed by atoms with Crippen LogP contribution in [0.1, 0.15) is 79.1 Å². The van der Waals surface area contributed by atoms with Gasteiger partial charge in [0.1, 0.15) is 0 Å². The van der Waals surface area contributed by atoms with Gasteiger partial charge in [-0.2, -0.15) is 25.3 Å². The summed E-state index contributed by atoms with van der Waals surface area (Å²) in [6, 6.07) is 0. The first-order valence-corrected chi connectivity index (χ1v) is 11.3. The summed E-state index contributed by atoms with van der Waals surface area (Å²) in [5, 5.41) is 0. The SMILES string of the molecule is CCCCC(CC)COC(=O)CS.CCCCC(CC)COC(=O)CS.[BaH2]. The molecule has 0 amide bonds. The second kappa shape index (κ2) is 25.2. The van der Waals surface area contributed by atoms with Crippen molar-refractivity contribution in [3.63, 3.8) is 0 Å². The quantitative estimate of drug-likeness (QED) is 0.192. The Kier molecular flexibility index (Phi) is 30.7. The molecule has 160 valence electrons. The summed E-state index contributed by atoms with van der Waals surface area (Å²) in [5.74, 6) is 1.01. The monoisotopic (exact) mass is 548 g/mol. The second-order valence-electron chi connectivity index (χ2n) is 6.52. The Labute approximate surface area is 218 Å². The number of carbonyl (C=O) groups excluding carboxylic acids is 2. The number of rotatable bonds is 14. The Hall–Kier alpha value is 1.21. The van der Waals surface area contributed by atoms with Gasteiger partial charge in [0, 0.05) is 0 Å². The number of thiol groups is 2. The molecule has 7 heteroatoms. The van der Waals surface area contributed by atoms with Crippen LogP contribution in [0.2, 0.25) is 0 Å². The van der Waals surface area contributed by atoms with E-state index >= 15 is 0 Å². The van der Waals surface area contributed by atoms with Gasteiger partial charge in [-0.1, -0.05) is 66.2 Å². The zero-order chi connectivity index (χ0) is 20.2. The molecule has 2 atom stereocenters. The zero-order valence-corrected chi connectivity index (χ0v) is 19.0. The summed E-state index contributed by atoms with van der Waals surface area (Å²) in [7, 11) is 0. The maximum atomic E-state index is 10.8. The van der Waals surface area contributed by atoms with Gasteiger partial charge in [0.05, 0.1) is 24.7 Å². The van der Waals surface area contributed by atoms with Gasteiger partial charge < -0.3 is 9.47 Å². The molecule has 0 N–H and O–H groups in total. The molecule has 0 rings (SSSR count). The molecule has 0 aliphatic rings. The molecule has 4 nitrogen and oxygen atoms in total. The summed E-state index contributed by atoms with van der Waals surface area (Å²) in [6.45, 7) is 9.74. The fourth-order valence-electron chi connectivity index (χ4n) is 2.31. The molecule has 0 aliphatic heterocycles. The Bertz CT molecular complexity index is 312. The number of ether oxygens (including phenoxy) is 2. The Morgan fingerprint density at radius 2 is 1.07 bits per heavy atom. The first-order chi connectivity index (χ1) is 12.5. The van der Waals surface area contributed by atoms with Crippen molar-refractivity contribution in [1.29, 1.82) is 0 Å². The predicted molar refractivity (Wildman–Crippen MR) is 125 cm³/mol. The number of hydrogen-bond acceptors (Lipinski definition) is 6. The summed E-state index contributed by atoms with van der Waals surface area (Å²) >= 11 is 7.69.